The maximum atomic E-state index is 13.1. The molecule has 1 saturated heterocycles. The lowest BCUT2D eigenvalue weighted by atomic mass is 9.75. The largest absolute Gasteiger partial charge is 0.335 e. The summed E-state index contributed by atoms with van der Waals surface area (Å²) >= 11 is 1.84. The Morgan fingerprint density at radius 2 is 2.25 bits per heavy atom. The van der Waals surface area contributed by atoms with Gasteiger partial charge in [-0.05, 0) is 62.7 Å². The molecular weight excluding hydrogens is 268 g/mol. The number of nitrogens with one attached hydrogen (secondary N) is 1. The fraction of sp³-hybridized carbons (Fsp3) is 0.688. The van der Waals surface area contributed by atoms with Gasteiger partial charge in [0, 0.05) is 11.4 Å². The molecule has 2 aliphatic rings. The van der Waals surface area contributed by atoms with Gasteiger partial charge in [-0.3, -0.25) is 4.79 Å². The van der Waals surface area contributed by atoms with Crippen LogP contribution in [-0.2, 0) is 11.2 Å². The second-order valence-electron chi connectivity index (χ2n) is 6.11. The van der Waals surface area contributed by atoms with Gasteiger partial charge in [0.15, 0.2) is 0 Å². The molecular formula is C16H24N2OS. The Labute approximate surface area is 125 Å². The van der Waals surface area contributed by atoms with Crippen LogP contribution in [0, 0.1) is 5.41 Å². The number of amides is 1. The Morgan fingerprint density at radius 1 is 1.50 bits per heavy atom. The molecule has 20 heavy (non-hydrogen) atoms. The Morgan fingerprint density at radius 3 is 2.95 bits per heavy atom. The van der Waals surface area contributed by atoms with E-state index in [-0.39, 0.29) is 11.5 Å². The second kappa shape index (κ2) is 5.49. The third kappa shape index (κ3) is 2.19. The van der Waals surface area contributed by atoms with Crippen molar-refractivity contribution in [1.82, 2.24) is 10.2 Å². The Bertz CT molecular complexity index is 490. The Hall–Kier alpha value is -0.870. The van der Waals surface area contributed by atoms with Crippen molar-refractivity contribution in [2.24, 2.45) is 5.41 Å². The number of hydrogen-bond donors (Lipinski definition) is 1. The molecule has 0 aliphatic carbocycles. The highest BCUT2D eigenvalue weighted by molar-refractivity contribution is 7.10. The minimum atomic E-state index is -0.118. The van der Waals surface area contributed by atoms with Crippen LogP contribution >= 0.6 is 11.3 Å². The molecule has 3 heterocycles. The number of rotatable bonds is 2. The molecule has 1 unspecified atom stereocenters. The van der Waals surface area contributed by atoms with Gasteiger partial charge in [-0.1, -0.05) is 6.92 Å². The van der Waals surface area contributed by atoms with Gasteiger partial charge in [0.2, 0.25) is 5.91 Å². The first-order chi connectivity index (χ1) is 9.68. The van der Waals surface area contributed by atoms with Gasteiger partial charge in [-0.25, -0.2) is 0 Å². The van der Waals surface area contributed by atoms with E-state index in [1.165, 1.54) is 10.4 Å². The predicted molar refractivity (Wildman–Crippen MR) is 83.0 cm³/mol. The van der Waals surface area contributed by atoms with Crippen molar-refractivity contribution >= 4 is 17.2 Å². The van der Waals surface area contributed by atoms with Gasteiger partial charge < -0.3 is 10.2 Å². The third-order valence-corrected chi connectivity index (χ3v) is 6.23. The van der Waals surface area contributed by atoms with Gasteiger partial charge in [0.25, 0.3) is 0 Å². The first-order valence-electron chi connectivity index (χ1n) is 7.76. The summed E-state index contributed by atoms with van der Waals surface area (Å²) in [6.45, 7) is 7.21. The van der Waals surface area contributed by atoms with E-state index in [2.05, 4.69) is 35.5 Å². The standard InChI is InChI=1S/C16H24N2OS/c1-3-16(6-8-17-9-7-16)15(19)18-10-4-14-13(12(18)2)5-11-20-14/h5,11-12,17H,3-4,6-10H2,1-2H3. The topological polar surface area (TPSA) is 32.3 Å². The number of thiophene rings is 1. The molecule has 0 bridgehead atoms. The van der Waals surface area contributed by atoms with Gasteiger partial charge in [0.05, 0.1) is 11.5 Å². The Kier molecular flexibility index (Phi) is 3.87. The van der Waals surface area contributed by atoms with E-state index in [1.54, 1.807) is 0 Å². The summed E-state index contributed by atoms with van der Waals surface area (Å²) in [5, 5.41) is 5.55. The van der Waals surface area contributed by atoms with Crippen LogP contribution in [0.5, 0.6) is 0 Å². The molecule has 3 rings (SSSR count). The quantitative estimate of drug-likeness (QED) is 0.909. The zero-order chi connectivity index (χ0) is 14.2. The number of fused-ring (bicyclic) bond motifs is 1. The lowest BCUT2D eigenvalue weighted by Gasteiger charge is -2.43. The molecule has 1 N–H and O–H groups in total. The fourth-order valence-electron chi connectivity index (χ4n) is 3.72. The summed E-state index contributed by atoms with van der Waals surface area (Å²) < 4.78 is 0. The van der Waals surface area contributed by atoms with Gasteiger partial charge in [0.1, 0.15) is 0 Å². The van der Waals surface area contributed by atoms with Crippen LogP contribution in [0.25, 0.3) is 0 Å². The highest BCUT2D eigenvalue weighted by atomic mass is 32.1. The van der Waals surface area contributed by atoms with Crippen LogP contribution in [0.1, 0.15) is 49.6 Å². The molecule has 3 nitrogen and oxygen atoms in total. The number of piperidine rings is 1. The van der Waals surface area contributed by atoms with Gasteiger partial charge in [-0.15, -0.1) is 11.3 Å². The number of carbonyl (C=O) groups excluding carboxylic acids is 1. The second-order valence-corrected chi connectivity index (χ2v) is 7.11. The SMILES string of the molecule is CCC1(C(=O)N2CCc3sccc3C2C)CCNCC1. The zero-order valence-corrected chi connectivity index (χ0v) is 13.3. The van der Waals surface area contributed by atoms with Gasteiger partial charge >= 0.3 is 0 Å². The average Bonchev–Trinajstić information content (AvgIpc) is 2.97. The molecule has 4 heteroatoms. The minimum absolute atomic E-state index is 0.118. The van der Waals surface area contributed by atoms with Crippen molar-refractivity contribution in [3.63, 3.8) is 0 Å². The first kappa shape index (κ1) is 14.1. The number of carbonyl (C=O) groups is 1. The molecule has 0 radical (unpaired) electrons. The molecule has 0 saturated carbocycles. The van der Waals surface area contributed by atoms with Crippen LogP contribution < -0.4 is 5.32 Å². The molecule has 1 aromatic heterocycles. The van der Waals surface area contributed by atoms with Crippen LogP contribution in [-0.4, -0.2) is 30.4 Å². The molecule has 110 valence electrons. The number of nitrogens with zero attached hydrogens (tertiary/aromatic N) is 1. The van der Waals surface area contributed by atoms with Crippen molar-refractivity contribution in [1.29, 1.82) is 0 Å². The summed E-state index contributed by atoms with van der Waals surface area (Å²) in [5.74, 6) is 0.394. The monoisotopic (exact) mass is 292 g/mol. The molecule has 0 aromatic carbocycles. The van der Waals surface area contributed by atoms with Crippen LogP contribution in [0.4, 0.5) is 0 Å². The van der Waals surface area contributed by atoms with E-state index in [0.717, 1.165) is 45.3 Å². The van der Waals surface area contributed by atoms with E-state index in [9.17, 15) is 4.79 Å². The van der Waals surface area contributed by atoms with Crippen LogP contribution in [0.2, 0.25) is 0 Å². The summed E-state index contributed by atoms with van der Waals surface area (Å²) in [6, 6.07) is 2.45. The van der Waals surface area contributed by atoms with Crippen molar-refractivity contribution in [3.8, 4) is 0 Å². The molecule has 1 amide bonds. The lowest BCUT2D eigenvalue weighted by molar-refractivity contribution is -0.147. The fourth-order valence-corrected chi connectivity index (χ4v) is 4.68. The van der Waals surface area contributed by atoms with E-state index < -0.39 is 0 Å². The predicted octanol–water partition coefficient (Wildman–Crippen LogP) is 2.97. The van der Waals surface area contributed by atoms with E-state index >= 15 is 0 Å². The van der Waals surface area contributed by atoms with E-state index in [1.807, 2.05) is 11.3 Å². The summed E-state index contributed by atoms with van der Waals surface area (Å²) in [5.41, 5.74) is 1.25. The average molecular weight is 292 g/mol. The van der Waals surface area contributed by atoms with Crippen molar-refractivity contribution in [2.45, 2.75) is 45.6 Å². The third-order valence-electron chi connectivity index (χ3n) is 5.23. The van der Waals surface area contributed by atoms with Crippen molar-refractivity contribution in [3.05, 3.63) is 21.9 Å². The molecule has 1 fully saturated rings. The van der Waals surface area contributed by atoms with Crippen molar-refractivity contribution < 1.29 is 4.79 Å². The molecule has 1 aromatic rings. The maximum absolute atomic E-state index is 13.1. The maximum Gasteiger partial charge on any atom is 0.229 e. The molecule has 0 spiro atoms. The van der Waals surface area contributed by atoms with Crippen LogP contribution in [0.15, 0.2) is 11.4 Å². The first-order valence-corrected chi connectivity index (χ1v) is 8.64. The zero-order valence-electron chi connectivity index (χ0n) is 12.4. The summed E-state index contributed by atoms with van der Waals surface area (Å²) in [4.78, 5) is 16.8. The molecule has 1 atom stereocenters. The van der Waals surface area contributed by atoms with E-state index in [0.29, 0.717) is 5.91 Å². The normalized spacial score (nSPS) is 25.3. The van der Waals surface area contributed by atoms with Gasteiger partial charge in [-0.2, -0.15) is 0 Å². The lowest BCUT2D eigenvalue weighted by Crippen LogP contribution is -2.51. The summed E-state index contributed by atoms with van der Waals surface area (Å²) in [7, 11) is 0. The summed E-state index contributed by atoms with van der Waals surface area (Å²) in [6.07, 6.45) is 3.97. The highest BCUT2D eigenvalue weighted by Crippen LogP contribution is 2.40. The van der Waals surface area contributed by atoms with Crippen molar-refractivity contribution in [2.75, 3.05) is 19.6 Å². The molecule has 2 aliphatic heterocycles. The Balaban J connectivity index is 1.84. The smallest absolute Gasteiger partial charge is 0.229 e. The number of hydrogen-bond acceptors (Lipinski definition) is 3. The van der Waals surface area contributed by atoms with E-state index in [4.69, 9.17) is 0 Å². The highest BCUT2D eigenvalue weighted by Gasteiger charge is 2.42. The minimum Gasteiger partial charge on any atom is -0.335 e. The van der Waals surface area contributed by atoms with Crippen LogP contribution in [0.3, 0.4) is 0 Å².